The third kappa shape index (κ3) is 13.3. The first-order valence-electron chi connectivity index (χ1n) is 15.8. The smallest absolute Gasteiger partial charge is 0.459 e. The average Bonchev–Trinajstić information content (AvgIpc) is 3.09. The second-order valence-corrected chi connectivity index (χ2v) is 13.7. The van der Waals surface area contributed by atoms with Crippen LogP contribution >= 0.6 is 7.82 Å². The van der Waals surface area contributed by atoms with E-state index in [1.807, 2.05) is 30.3 Å². The number of carbonyl (C=O) groups excluding carboxylic acids is 3. The van der Waals surface area contributed by atoms with Crippen molar-refractivity contribution in [2.45, 2.75) is 52.2 Å². The van der Waals surface area contributed by atoms with Crippen LogP contribution in [0.5, 0.6) is 0 Å². The molecule has 0 spiro atoms. The Kier molecular flexibility index (Phi) is 14.2. The van der Waals surface area contributed by atoms with Crippen molar-refractivity contribution < 1.29 is 51.5 Å². The van der Waals surface area contributed by atoms with E-state index < -0.39 is 51.0 Å². The van der Waals surface area contributed by atoms with Gasteiger partial charge < -0.3 is 18.9 Å². The Morgan fingerprint density at radius 2 is 1.33 bits per heavy atom. The van der Waals surface area contributed by atoms with Gasteiger partial charge in [0, 0.05) is 13.1 Å². The first-order valence-corrected chi connectivity index (χ1v) is 17.3. The van der Waals surface area contributed by atoms with E-state index in [4.69, 9.17) is 32.5 Å². The van der Waals surface area contributed by atoms with E-state index in [1.165, 1.54) is 4.90 Å². The van der Waals surface area contributed by atoms with E-state index in [9.17, 15) is 18.9 Å². The van der Waals surface area contributed by atoms with Gasteiger partial charge in [-0.15, -0.1) is 0 Å². The van der Waals surface area contributed by atoms with Crippen LogP contribution in [0.15, 0.2) is 91.0 Å². The van der Waals surface area contributed by atoms with Gasteiger partial charge in [-0.05, 0) is 37.5 Å². The van der Waals surface area contributed by atoms with Crippen molar-refractivity contribution in [1.29, 1.82) is 0 Å². The molecule has 2 amide bonds. The second kappa shape index (κ2) is 18.5. The normalized spacial score (nSPS) is 14.9. The summed E-state index contributed by atoms with van der Waals surface area (Å²) < 4.78 is 52.1. The van der Waals surface area contributed by atoms with Crippen LogP contribution in [0.25, 0.3) is 0 Å². The van der Waals surface area contributed by atoms with E-state index in [2.05, 4.69) is 0 Å². The maximum atomic E-state index is 13.6. The highest BCUT2D eigenvalue weighted by molar-refractivity contribution is 7.48. The number of nitrogens with zero attached hydrogens (tertiary/aromatic N) is 2. The number of hydrogen-bond donors (Lipinski definition) is 0. The highest BCUT2D eigenvalue weighted by Crippen LogP contribution is 2.51. The Morgan fingerprint density at radius 1 is 0.796 bits per heavy atom. The fourth-order valence-electron chi connectivity index (χ4n) is 4.56. The molecular weight excluding hydrogens is 655 g/mol. The molecular formula is C35H43N2O11P. The number of morpholine rings is 1. The molecule has 0 unspecified atom stereocenters. The molecule has 3 aromatic rings. The SMILES string of the molecule is CC(C)(C)OC(=O)N1CCOC[C@H]1CN(CC(=O)OCc1ccccc1)C(=O)OCOP(=O)(OCc1ccccc1)OCc1ccccc1. The molecule has 0 bridgehead atoms. The van der Waals surface area contributed by atoms with Crippen LogP contribution < -0.4 is 0 Å². The monoisotopic (exact) mass is 698 g/mol. The van der Waals surface area contributed by atoms with Crippen LogP contribution in [0, 0.1) is 0 Å². The van der Waals surface area contributed by atoms with Crippen molar-refractivity contribution in [3.8, 4) is 0 Å². The Hall–Kier alpha value is -4.26. The molecule has 14 heteroatoms. The van der Waals surface area contributed by atoms with Crippen LogP contribution in [0.2, 0.25) is 0 Å². The van der Waals surface area contributed by atoms with E-state index in [-0.39, 0.29) is 46.1 Å². The minimum Gasteiger partial charge on any atom is -0.459 e. The molecule has 49 heavy (non-hydrogen) atoms. The number of rotatable bonds is 15. The zero-order valence-corrected chi connectivity index (χ0v) is 28.8. The third-order valence-electron chi connectivity index (χ3n) is 6.97. The van der Waals surface area contributed by atoms with Gasteiger partial charge in [-0.2, -0.15) is 0 Å². The van der Waals surface area contributed by atoms with Crippen LogP contribution in [0.3, 0.4) is 0 Å². The summed E-state index contributed by atoms with van der Waals surface area (Å²) in [5, 5.41) is 0. The molecule has 13 nitrogen and oxygen atoms in total. The summed E-state index contributed by atoms with van der Waals surface area (Å²) in [6.07, 6.45) is -1.58. The predicted molar refractivity (Wildman–Crippen MR) is 178 cm³/mol. The highest BCUT2D eigenvalue weighted by atomic mass is 31.2. The van der Waals surface area contributed by atoms with E-state index in [0.29, 0.717) is 0 Å². The van der Waals surface area contributed by atoms with Gasteiger partial charge >= 0.3 is 26.0 Å². The van der Waals surface area contributed by atoms with Gasteiger partial charge in [-0.25, -0.2) is 18.7 Å². The number of hydrogen-bond acceptors (Lipinski definition) is 11. The topological polar surface area (TPSA) is 139 Å². The minimum atomic E-state index is -4.26. The van der Waals surface area contributed by atoms with Crippen molar-refractivity contribution in [3.63, 3.8) is 0 Å². The molecule has 1 fully saturated rings. The maximum absolute atomic E-state index is 13.6. The number of carbonyl (C=O) groups is 3. The lowest BCUT2D eigenvalue weighted by Gasteiger charge is -2.38. The van der Waals surface area contributed by atoms with Gasteiger partial charge in [-0.1, -0.05) is 91.0 Å². The average molecular weight is 699 g/mol. The molecule has 0 aromatic heterocycles. The molecule has 1 heterocycles. The van der Waals surface area contributed by atoms with Gasteiger partial charge in [0.15, 0.2) is 0 Å². The van der Waals surface area contributed by atoms with Crippen LogP contribution in [-0.4, -0.2) is 79.2 Å². The van der Waals surface area contributed by atoms with Gasteiger partial charge in [0.05, 0.1) is 32.5 Å². The van der Waals surface area contributed by atoms with Crippen LogP contribution in [-0.2, 0) is 61.7 Å². The summed E-state index contributed by atoms with van der Waals surface area (Å²) in [6.45, 7) is 4.10. The van der Waals surface area contributed by atoms with Gasteiger partial charge in [0.25, 0.3) is 0 Å². The molecule has 0 N–H and O–H groups in total. The summed E-state index contributed by atoms with van der Waals surface area (Å²) in [5.74, 6) is -0.717. The molecule has 3 aromatic carbocycles. The van der Waals surface area contributed by atoms with Gasteiger partial charge in [0.2, 0.25) is 6.79 Å². The summed E-state index contributed by atoms with van der Waals surface area (Å²) >= 11 is 0. The molecule has 0 aliphatic carbocycles. The summed E-state index contributed by atoms with van der Waals surface area (Å²) in [6, 6.07) is 26.4. The molecule has 1 saturated heterocycles. The maximum Gasteiger partial charge on any atom is 0.478 e. The van der Waals surface area contributed by atoms with Crippen LogP contribution in [0.4, 0.5) is 9.59 Å². The Balaban J connectivity index is 1.43. The molecule has 1 aliphatic rings. The zero-order chi connectivity index (χ0) is 35.1. The Morgan fingerprint density at radius 3 is 1.86 bits per heavy atom. The molecule has 1 atom stereocenters. The number of phosphoric acid groups is 1. The number of phosphoric ester groups is 1. The summed E-state index contributed by atoms with van der Waals surface area (Å²) in [5.41, 5.74) is 1.44. The summed E-state index contributed by atoms with van der Waals surface area (Å²) in [4.78, 5) is 41.9. The lowest BCUT2D eigenvalue weighted by atomic mass is 10.2. The van der Waals surface area contributed by atoms with Crippen molar-refractivity contribution in [3.05, 3.63) is 108 Å². The van der Waals surface area contributed by atoms with Crippen molar-refractivity contribution in [2.24, 2.45) is 0 Å². The Bertz CT molecular complexity index is 1470. The van der Waals surface area contributed by atoms with E-state index >= 15 is 0 Å². The zero-order valence-electron chi connectivity index (χ0n) is 27.9. The van der Waals surface area contributed by atoms with E-state index in [0.717, 1.165) is 21.6 Å². The van der Waals surface area contributed by atoms with Gasteiger partial charge in [-0.3, -0.25) is 23.6 Å². The number of esters is 1. The molecule has 264 valence electrons. The third-order valence-corrected chi connectivity index (χ3v) is 8.28. The fourth-order valence-corrected chi connectivity index (χ4v) is 5.58. The first-order chi connectivity index (χ1) is 23.5. The number of benzene rings is 3. The first kappa shape index (κ1) is 37.6. The quantitative estimate of drug-likeness (QED) is 0.0763. The molecule has 4 rings (SSSR count). The molecule has 0 saturated carbocycles. The van der Waals surface area contributed by atoms with Crippen LogP contribution in [0.1, 0.15) is 37.5 Å². The largest absolute Gasteiger partial charge is 0.478 e. The number of amides is 2. The second-order valence-electron chi connectivity index (χ2n) is 12.1. The predicted octanol–water partition coefficient (Wildman–Crippen LogP) is 6.32. The lowest BCUT2D eigenvalue weighted by Crippen LogP contribution is -2.56. The lowest BCUT2D eigenvalue weighted by molar-refractivity contribution is -0.146. The standard InChI is InChI=1S/C35H43N2O11P/c1-35(2,3)48-34(40)37-19-20-42-26-31(37)21-36(22-32(38)43-23-28-13-7-4-8-14-28)33(39)44-27-47-49(41,45-24-29-15-9-5-10-16-29)46-25-30-17-11-6-12-18-30/h4-18,31H,19-27H2,1-3H3/t31-/m1/s1. The highest BCUT2D eigenvalue weighted by Gasteiger charge is 2.35. The van der Waals surface area contributed by atoms with Gasteiger partial charge in [0.1, 0.15) is 18.8 Å². The van der Waals surface area contributed by atoms with Crippen molar-refractivity contribution >= 4 is 26.0 Å². The molecule has 1 aliphatic heterocycles. The van der Waals surface area contributed by atoms with Crippen molar-refractivity contribution in [2.75, 3.05) is 39.6 Å². The summed E-state index contributed by atoms with van der Waals surface area (Å²) in [7, 11) is -4.26. The van der Waals surface area contributed by atoms with E-state index in [1.54, 1.807) is 81.4 Å². The van der Waals surface area contributed by atoms with Crippen molar-refractivity contribution in [1.82, 2.24) is 9.80 Å². The number of ether oxygens (including phenoxy) is 4. The fraction of sp³-hybridized carbons (Fsp3) is 0.400. The minimum absolute atomic E-state index is 0.0110. The Labute approximate surface area is 286 Å². The molecule has 0 radical (unpaired) electrons.